The molecule has 0 aromatic heterocycles. The van der Waals surface area contributed by atoms with E-state index in [-0.39, 0.29) is 12.6 Å². The Balaban J connectivity index is 2.39. The van der Waals surface area contributed by atoms with Crippen LogP contribution in [0.25, 0.3) is 0 Å². The van der Waals surface area contributed by atoms with Crippen molar-refractivity contribution < 1.29 is 5.11 Å². The Bertz CT molecular complexity index is 158. The quantitative estimate of drug-likeness (QED) is 0.727. The van der Waals surface area contributed by atoms with Crippen LogP contribution in [-0.4, -0.2) is 23.8 Å². The molecule has 2 N–H and O–H groups in total. The average Bonchev–Trinajstić information content (AvgIpc) is 2.16. The SMILES string of the molecule is CC(C)C(CO)NC1CCCCC1C. The molecule has 0 aliphatic heterocycles. The smallest absolute Gasteiger partial charge is 0.0587 e. The molecular formula is C12H25NO. The summed E-state index contributed by atoms with van der Waals surface area (Å²) in [6, 6.07) is 0.906. The van der Waals surface area contributed by atoms with Crippen LogP contribution < -0.4 is 5.32 Å². The summed E-state index contributed by atoms with van der Waals surface area (Å²) in [5, 5.41) is 12.9. The van der Waals surface area contributed by atoms with Crippen molar-refractivity contribution in [2.45, 2.75) is 58.5 Å². The Hall–Kier alpha value is -0.0800. The summed E-state index contributed by atoms with van der Waals surface area (Å²) in [6.07, 6.45) is 5.35. The minimum absolute atomic E-state index is 0.265. The molecule has 0 aromatic carbocycles. The zero-order valence-electron chi connectivity index (χ0n) is 9.79. The van der Waals surface area contributed by atoms with Crippen LogP contribution in [0.2, 0.25) is 0 Å². The normalized spacial score (nSPS) is 30.6. The second-order valence-corrected chi connectivity index (χ2v) is 5.07. The van der Waals surface area contributed by atoms with Crippen molar-refractivity contribution in [2.24, 2.45) is 11.8 Å². The van der Waals surface area contributed by atoms with Crippen LogP contribution in [0.5, 0.6) is 0 Å². The minimum atomic E-state index is 0.265. The maximum atomic E-state index is 9.25. The Morgan fingerprint density at radius 2 is 1.93 bits per heavy atom. The summed E-state index contributed by atoms with van der Waals surface area (Å²) in [5.74, 6) is 1.30. The monoisotopic (exact) mass is 199 g/mol. The number of aliphatic hydroxyl groups is 1. The van der Waals surface area contributed by atoms with Gasteiger partial charge < -0.3 is 10.4 Å². The van der Waals surface area contributed by atoms with Crippen molar-refractivity contribution >= 4 is 0 Å². The van der Waals surface area contributed by atoms with E-state index in [1.165, 1.54) is 25.7 Å². The van der Waals surface area contributed by atoms with Crippen LogP contribution in [0.15, 0.2) is 0 Å². The lowest BCUT2D eigenvalue weighted by Gasteiger charge is -2.34. The summed E-state index contributed by atoms with van der Waals surface area (Å²) in [5.41, 5.74) is 0. The molecule has 1 rings (SSSR count). The topological polar surface area (TPSA) is 32.3 Å². The second kappa shape index (κ2) is 5.72. The minimum Gasteiger partial charge on any atom is -0.395 e. The van der Waals surface area contributed by atoms with Gasteiger partial charge in [-0.25, -0.2) is 0 Å². The Labute approximate surface area is 88.1 Å². The first-order chi connectivity index (χ1) is 6.65. The van der Waals surface area contributed by atoms with Gasteiger partial charge in [-0.1, -0.05) is 33.6 Å². The van der Waals surface area contributed by atoms with Crippen LogP contribution in [-0.2, 0) is 0 Å². The van der Waals surface area contributed by atoms with Crippen LogP contribution in [0.1, 0.15) is 46.5 Å². The Morgan fingerprint density at radius 3 is 2.43 bits per heavy atom. The molecule has 84 valence electrons. The molecule has 3 unspecified atom stereocenters. The molecule has 0 amide bonds. The zero-order valence-corrected chi connectivity index (χ0v) is 9.79. The van der Waals surface area contributed by atoms with Gasteiger partial charge in [-0.15, -0.1) is 0 Å². The van der Waals surface area contributed by atoms with E-state index < -0.39 is 0 Å². The van der Waals surface area contributed by atoms with Gasteiger partial charge in [0.05, 0.1) is 6.61 Å². The fraction of sp³-hybridized carbons (Fsp3) is 1.00. The van der Waals surface area contributed by atoms with Gasteiger partial charge in [0, 0.05) is 12.1 Å². The number of rotatable bonds is 4. The van der Waals surface area contributed by atoms with E-state index in [0.717, 1.165) is 5.92 Å². The lowest BCUT2D eigenvalue weighted by Crippen LogP contribution is -2.47. The third-order valence-electron chi connectivity index (χ3n) is 3.54. The van der Waals surface area contributed by atoms with Gasteiger partial charge in [-0.3, -0.25) is 0 Å². The lowest BCUT2D eigenvalue weighted by atomic mass is 9.85. The van der Waals surface area contributed by atoms with Gasteiger partial charge in [0.25, 0.3) is 0 Å². The first-order valence-electron chi connectivity index (χ1n) is 6.02. The Morgan fingerprint density at radius 1 is 1.29 bits per heavy atom. The molecule has 2 nitrogen and oxygen atoms in total. The summed E-state index contributed by atoms with van der Waals surface area (Å²) < 4.78 is 0. The van der Waals surface area contributed by atoms with Crippen molar-refractivity contribution in [3.8, 4) is 0 Å². The highest BCUT2D eigenvalue weighted by Crippen LogP contribution is 2.24. The zero-order chi connectivity index (χ0) is 10.6. The number of aliphatic hydroxyl groups excluding tert-OH is 1. The molecule has 14 heavy (non-hydrogen) atoms. The van der Waals surface area contributed by atoms with Gasteiger partial charge in [0.15, 0.2) is 0 Å². The highest BCUT2D eigenvalue weighted by atomic mass is 16.3. The third kappa shape index (κ3) is 3.25. The van der Waals surface area contributed by atoms with E-state index in [1.807, 2.05) is 0 Å². The van der Waals surface area contributed by atoms with Crippen LogP contribution in [0.4, 0.5) is 0 Å². The lowest BCUT2D eigenvalue weighted by molar-refractivity contribution is 0.169. The van der Waals surface area contributed by atoms with E-state index in [4.69, 9.17) is 0 Å². The molecule has 0 heterocycles. The number of hydrogen-bond acceptors (Lipinski definition) is 2. The molecule has 0 aromatic rings. The maximum Gasteiger partial charge on any atom is 0.0587 e. The van der Waals surface area contributed by atoms with E-state index in [9.17, 15) is 5.11 Å². The first-order valence-corrected chi connectivity index (χ1v) is 6.02. The van der Waals surface area contributed by atoms with Crippen LogP contribution in [0.3, 0.4) is 0 Å². The van der Waals surface area contributed by atoms with Gasteiger partial charge in [0.1, 0.15) is 0 Å². The fourth-order valence-corrected chi connectivity index (χ4v) is 2.29. The van der Waals surface area contributed by atoms with Gasteiger partial charge in [-0.05, 0) is 24.7 Å². The summed E-state index contributed by atoms with van der Waals surface area (Å²) in [4.78, 5) is 0. The second-order valence-electron chi connectivity index (χ2n) is 5.07. The molecule has 2 heteroatoms. The predicted octanol–water partition coefficient (Wildman–Crippen LogP) is 2.17. The van der Waals surface area contributed by atoms with Crippen molar-refractivity contribution in [1.29, 1.82) is 0 Å². The van der Waals surface area contributed by atoms with Crippen molar-refractivity contribution in [3.05, 3.63) is 0 Å². The highest BCUT2D eigenvalue weighted by Gasteiger charge is 2.24. The molecule has 0 spiro atoms. The molecule has 3 atom stereocenters. The third-order valence-corrected chi connectivity index (χ3v) is 3.54. The molecule has 1 saturated carbocycles. The molecule has 1 aliphatic rings. The van der Waals surface area contributed by atoms with E-state index in [0.29, 0.717) is 12.0 Å². The number of nitrogens with one attached hydrogen (secondary N) is 1. The van der Waals surface area contributed by atoms with Crippen LogP contribution in [0, 0.1) is 11.8 Å². The van der Waals surface area contributed by atoms with Gasteiger partial charge in [-0.2, -0.15) is 0 Å². The average molecular weight is 199 g/mol. The van der Waals surface area contributed by atoms with E-state index in [2.05, 4.69) is 26.1 Å². The molecule has 0 bridgehead atoms. The maximum absolute atomic E-state index is 9.25. The first kappa shape index (κ1) is 12.0. The standard InChI is InChI=1S/C12H25NO/c1-9(2)12(8-14)13-11-7-5-4-6-10(11)3/h9-14H,4-8H2,1-3H3. The van der Waals surface area contributed by atoms with Crippen molar-refractivity contribution in [3.63, 3.8) is 0 Å². The van der Waals surface area contributed by atoms with Gasteiger partial charge in [0.2, 0.25) is 0 Å². The summed E-state index contributed by atoms with van der Waals surface area (Å²) >= 11 is 0. The van der Waals surface area contributed by atoms with E-state index in [1.54, 1.807) is 0 Å². The molecule has 1 fully saturated rings. The summed E-state index contributed by atoms with van der Waals surface area (Å²) in [7, 11) is 0. The van der Waals surface area contributed by atoms with E-state index >= 15 is 0 Å². The molecule has 1 aliphatic carbocycles. The van der Waals surface area contributed by atoms with Crippen LogP contribution >= 0.6 is 0 Å². The molecule has 0 saturated heterocycles. The Kier molecular flexibility index (Phi) is 4.90. The molecular weight excluding hydrogens is 174 g/mol. The van der Waals surface area contributed by atoms with Gasteiger partial charge >= 0.3 is 0 Å². The number of hydrogen-bond donors (Lipinski definition) is 2. The van der Waals surface area contributed by atoms with Crippen molar-refractivity contribution in [2.75, 3.05) is 6.61 Å². The predicted molar refractivity (Wildman–Crippen MR) is 60.3 cm³/mol. The fourth-order valence-electron chi connectivity index (χ4n) is 2.29. The highest BCUT2D eigenvalue weighted by molar-refractivity contribution is 4.82. The molecule has 0 radical (unpaired) electrons. The summed E-state index contributed by atoms with van der Waals surface area (Å²) in [6.45, 7) is 6.93. The van der Waals surface area contributed by atoms with Crippen molar-refractivity contribution in [1.82, 2.24) is 5.32 Å². The largest absolute Gasteiger partial charge is 0.395 e.